The molecule has 1 fully saturated rings. The third-order valence-corrected chi connectivity index (χ3v) is 2.52. The highest BCUT2D eigenvalue weighted by Gasteiger charge is 2.40. The van der Waals surface area contributed by atoms with Gasteiger partial charge in [0.2, 0.25) is 0 Å². The van der Waals surface area contributed by atoms with Crippen molar-refractivity contribution in [3.05, 3.63) is 0 Å². The molecule has 1 aliphatic heterocycles. The molecule has 3 N–H and O–H groups in total. The van der Waals surface area contributed by atoms with Gasteiger partial charge in [0.1, 0.15) is 12.6 Å². The quantitative estimate of drug-likeness (QED) is 0.383. The molecule has 13 heavy (non-hydrogen) atoms. The Kier molecular flexibility index (Phi) is 4.62. The van der Waals surface area contributed by atoms with Crippen molar-refractivity contribution in [2.75, 3.05) is 33.8 Å². The summed E-state index contributed by atoms with van der Waals surface area (Å²) in [5.74, 6) is -0.191. The average Bonchev–Trinajstić information content (AvgIpc) is 1.96. The number of quaternary nitrogens is 1. The number of hydrogen-bond acceptors (Lipinski definition) is 3. The molecule has 0 aromatic rings. The molecular formula is C8H18ClNO3. The number of aliphatic hydroxyl groups excluding tert-OH is 3. The van der Waals surface area contributed by atoms with E-state index in [1.807, 2.05) is 14.1 Å². The molecule has 0 aliphatic carbocycles. The largest absolute Gasteiger partial charge is 1.00 e. The van der Waals surface area contributed by atoms with E-state index in [9.17, 15) is 10.2 Å². The van der Waals surface area contributed by atoms with Gasteiger partial charge in [-0.25, -0.2) is 0 Å². The number of piperidine rings is 1. The number of nitrogens with zero attached hydrogens (tertiary/aromatic N) is 1. The number of likely N-dealkylation sites (tertiary alicyclic amines) is 1. The third kappa shape index (κ3) is 3.07. The maximum absolute atomic E-state index is 9.45. The number of aliphatic hydroxyl groups is 3. The first-order valence-electron chi connectivity index (χ1n) is 4.25. The van der Waals surface area contributed by atoms with Crippen LogP contribution in [0.25, 0.3) is 0 Å². The molecule has 1 saturated heterocycles. The number of halogens is 1. The van der Waals surface area contributed by atoms with Gasteiger partial charge in [0, 0.05) is 0 Å². The van der Waals surface area contributed by atoms with E-state index in [4.69, 9.17) is 5.11 Å². The topological polar surface area (TPSA) is 60.7 Å². The van der Waals surface area contributed by atoms with Crippen molar-refractivity contribution in [3.63, 3.8) is 0 Å². The zero-order chi connectivity index (χ0) is 9.35. The molecule has 1 rings (SSSR count). The first-order chi connectivity index (χ1) is 5.46. The lowest BCUT2D eigenvalue weighted by atomic mass is 9.92. The second-order valence-electron chi connectivity index (χ2n) is 4.30. The van der Waals surface area contributed by atoms with Gasteiger partial charge in [-0.2, -0.15) is 0 Å². The van der Waals surface area contributed by atoms with Crippen molar-refractivity contribution in [2.45, 2.75) is 12.2 Å². The highest BCUT2D eigenvalue weighted by molar-refractivity contribution is 4.79. The second-order valence-corrected chi connectivity index (χ2v) is 4.30. The standard InChI is InChI=1S/C8H18NO3.ClH/c1-9(2)3-6(5-10)8(12)7(11)4-9;/h6-8,10-12H,3-5H2,1-2H3;1H/q+1;/p-1. The van der Waals surface area contributed by atoms with Crippen LogP contribution in [0.1, 0.15) is 0 Å². The molecule has 4 nitrogen and oxygen atoms in total. The minimum Gasteiger partial charge on any atom is -1.00 e. The molecule has 0 spiro atoms. The van der Waals surface area contributed by atoms with E-state index in [-0.39, 0.29) is 24.9 Å². The van der Waals surface area contributed by atoms with Gasteiger partial charge in [-0.05, 0) is 0 Å². The monoisotopic (exact) mass is 211 g/mol. The normalized spacial score (nSPS) is 38.1. The maximum Gasteiger partial charge on any atom is 0.129 e. The Morgan fingerprint density at radius 3 is 2.23 bits per heavy atom. The smallest absolute Gasteiger partial charge is 0.129 e. The first kappa shape index (κ1) is 13.1. The highest BCUT2D eigenvalue weighted by Crippen LogP contribution is 2.20. The number of rotatable bonds is 1. The van der Waals surface area contributed by atoms with E-state index in [1.165, 1.54) is 0 Å². The maximum atomic E-state index is 9.45. The molecule has 0 radical (unpaired) electrons. The van der Waals surface area contributed by atoms with Crippen molar-refractivity contribution in [3.8, 4) is 0 Å². The molecule has 1 heterocycles. The van der Waals surface area contributed by atoms with Crippen LogP contribution in [0.15, 0.2) is 0 Å². The second kappa shape index (κ2) is 4.57. The Labute approximate surface area is 84.8 Å². The fourth-order valence-electron chi connectivity index (χ4n) is 1.91. The molecule has 1 aliphatic rings. The summed E-state index contributed by atoms with van der Waals surface area (Å²) < 4.78 is 0.656. The van der Waals surface area contributed by atoms with Gasteiger partial charge in [0.05, 0.1) is 39.3 Å². The van der Waals surface area contributed by atoms with Crippen LogP contribution in [0.5, 0.6) is 0 Å². The van der Waals surface area contributed by atoms with Crippen LogP contribution in [0.3, 0.4) is 0 Å². The van der Waals surface area contributed by atoms with Crippen LogP contribution < -0.4 is 12.4 Å². The Bertz CT molecular complexity index is 165. The Balaban J connectivity index is 0.00000144. The predicted molar refractivity (Wildman–Crippen MR) is 44.4 cm³/mol. The first-order valence-corrected chi connectivity index (χ1v) is 4.25. The molecule has 3 unspecified atom stereocenters. The fourth-order valence-corrected chi connectivity index (χ4v) is 1.91. The summed E-state index contributed by atoms with van der Waals surface area (Å²) in [6.45, 7) is 1.21. The summed E-state index contributed by atoms with van der Waals surface area (Å²) in [6.07, 6.45) is -1.47. The summed E-state index contributed by atoms with van der Waals surface area (Å²) in [5.41, 5.74) is 0. The van der Waals surface area contributed by atoms with Gasteiger partial charge in [-0.1, -0.05) is 0 Å². The van der Waals surface area contributed by atoms with E-state index in [2.05, 4.69) is 0 Å². The summed E-state index contributed by atoms with van der Waals surface area (Å²) in [7, 11) is 3.97. The van der Waals surface area contributed by atoms with Gasteiger partial charge >= 0.3 is 0 Å². The van der Waals surface area contributed by atoms with Crippen molar-refractivity contribution >= 4 is 0 Å². The highest BCUT2D eigenvalue weighted by atomic mass is 35.5. The molecule has 0 bridgehead atoms. The molecule has 80 valence electrons. The van der Waals surface area contributed by atoms with Gasteiger partial charge in [0.25, 0.3) is 0 Å². The predicted octanol–water partition coefficient (Wildman–Crippen LogP) is -4.59. The molecule has 0 aromatic heterocycles. The van der Waals surface area contributed by atoms with Crippen molar-refractivity contribution in [1.29, 1.82) is 0 Å². The van der Waals surface area contributed by atoms with Gasteiger partial charge in [-0.3, -0.25) is 0 Å². The van der Waals surface area contributed by atoms with Gasteiger partial charge in [0.15, 0.2) is 0 Å². The Hall–Kier alpha value is 0.130. The fraction of sp³-hybridized carbons (Fsp3) is 1.00. The van der Waals surface area contributed by atoms with Gasteiger partial charge < -0.3 is 32.2 Å². The van der Waals surface area contributed by atoms with E-state index in [0.717, 1.165) is 0 Å². The lowest BCUT2D eigenvalue weighted by Crippen LogP contribution is -3.00. The van der Waals surface area contributed by atoms with E-state index >= 15 is 0 Å². The SMILES string of the molecule is C[N+]1(C)CC(O)C(O)C(CO)C1.[Cl-]. The van der Waals surface area contributed by atoms with Crippen LogP contribution in [0.2, 0.25) is 0 Å². The molecule has 5 heteroatoms. The third-order valence-electron chi connectivity index (χ3n) is 2.52. The zero-order valence-corrected chi connectivity index (χ0v) is 8.78. The molecular weight excluding hydrogens is 194 g/mol. The van der Waals surface area contributed by atoms with Crippen LogP contribution in [-0.4, -0.2) is 65.8 Å². The van der Waals surface area contributed by atoms with Crippen LogP contribution >= 0.6 is 0 Å². The average molecular weight is 212 g/mol. The lowest BCUT2D eigenvalue weighted by molar-refractivity contribution is -0.903. The molecule has 0 aromatic carbocycles. The molecule has 0 saturated carbocycles. The van der Waals surface area contributed by atoms with Crippen molar-refractivity contribution < 1.29 is 32.2 Å². The number of hydrogen-bond donors (Lipinski definition) is 3. The van der Waals surface area contributed by atoms with Gasteiger partial charge in [-0.15, -0.1) is 0 Å². The summed E-state index contributed by atoms with van der Waals surface area (Å²) in [6, 6.07) is 0. The van der Waals surface area contributed by atoms with Crippen molar-refractivity contribution in [1.82, 2.24) is 0 Å². The van der Waals surface area contributed by atoms with E-state index in [1.54, 1.807) is 0 Å². The van der Waals surface area contributed by atoms with E-state index in [0.29, 0.717) is 17.6 Å². The van der Waals surface area contributed by atoms with Crippen LogP contribution in [0, 0.1) is 5.92 Å². The Morgan fingerprint density at radius 1 is 1.23 bits per heavy atom. The van der Waals surface area contributed by atoms with Crippen LogP contribution in [0.4, 0.5) is 0 Å². The van der Waals surface area contributed by atoms with Crippen LogP contribution in [-0.2, 0) is 0 Å². The molecule has 0 amide bonds. The summed E-state index contributed by atoms with van der Waals surface area (Å²) >= 11 is 0. The van der Waals surface area contributed by atoms with Crippen molar-refractivity contribution in [2.24, 2.45) is 5.92 Å². The summed E-state index contributed by atoms with van der Waals surface area (Å²) in [4.78, 5) is 0. The minimum atomic E-state index is -0.763. The number of likely N-dealkylation sites (N-methyl/N-ethyl adjacent to an activating group) is 1. The zero-order valence-electron chi connectivity index (χ0n) is 8.02. The van der Waals surface area contributed by atoms with E-state index < -0.39 is 12.2 Å². The Morgan fingerprint density at radius 2 is 1.77 bits per heavy atom. The lowest BCUT2D eigenvalue weighted by Gasteiger charge is -2.42. The minimum absolute atomic E-state index is 0. The summed E-state index contributed by atoms with van der Waals surface area (Å²) in [5, 5.41) is 27.8. The molecule has 3 atom stereocenters.